The molecule has 0 saturated carbocycles. The number of benzene rings is 1. The summed E-state index contributed by atoms with van der Waals surface area (Å²) in [6.45, 7) is 10.3. The Bertz CT molecular complexity index is 1180. The van der Waals surface area contributed by atoms with Crippen LogP contribution in [0.25, 0.3) is 11.0 Å². The average Bonchev–Trinajstić information content (AvgIpc) is 3.32. The molecule has 32 heavy (non-hydrogen) atoms. The van der Waals surface area contributed by atoms with Gasteiger partial charge >= 0.3 is 0 Å². The molecule has 1 aromatic carbocycles. The molecule has 0 unspecified atom stereocenters. The number of rotatable bonds is 8. The van der Waals surface area contributed by atoms with E-state index in [1.807, 2.05) is 19.1 Å². The fourth-order valence-electron chi connectivity index (χ4n) is 4.14. The summed E-state index contributed by atoms with van der Waals surface area (Å²) >= 11 is 0. The zero-order chi connectivity index (χ0) is 22.9. The molecule has 0 amide bonds. The number of imidazole rings is 1. The summed E-state index contributed by atoms with van der Waals surface area (Å²) in [6.07, 6.45) is 0.987. The third-order valence-corrected chi connectivity index (χ3v) is 7.72. The first-order chi connectivity index (χ1) is 15.3. The van der Waals surface area contributed by atoms with Gasteiger partial charge in [-0.1, -0.05) is 12.1 Å². The summed E-state index contributed by atoms with van der Waals surface area (Å²) in [4.78, 5) is 9.92. The van der Waals surface area contributed by atoms with E-state index >= 15 is 0 Å². The fraction of sp³-hybridized carbons (Fsp3) is 0.545. The first-order valence-electron chi connectivity index (χ1n) is 11.1. The Labute approximate surface area is 189 Å². The summed E-state index contributed by atoms with van der Waals surface area (Å²) < 4.78 is 33.9. The monoisotopic (exact) mass is 460 g/mol. The van der Waals surface area contributed by atoms with Crippen LogP contribution >= 0.6 is 0 Å². The molecule has 0 atom stereocenters. The lowest BCUT2D eigenvalue weighted by Gasteiger charge is -2.33. The van der Waals surface area contributed by atoms with Crippen LogP contribution in [0.5, 0.6) is 0 Å². The van der Waals surface area contributed by atoms with E-state index in [1.54, 1.807) is 26.2 Å². The van der Waals surface area contributed by atoms with Crippen LogP contribution in [0.2, 0.25) is 0 Å². The van der Waals surface area contributed by atoms with Gasteiger partial charge in [-0.25, -0.2) is 17.7 Å². The van der Waals surface area contributed by atoms with Crippen molar-refractivity contribution in [2.24, 2.45) is 0 Å². The van der Waals surface area contributed by atoms with E-state index in [-0.39, 0.29) is 4.90 Å². The van der Waals surface area contributed by atoms with Gasteiger partial charge < -0.3 is 9.09 Å². The van der Waals surface area contributed by atoms with Crippen LogP contribution in [0.3, 0.4) is 0 Å². The van der Waals surface area contributed by atoms with E-state index in [0.29, 0.717) is 0 Å². The molecule has 4 rings (SSSR count). The molecule has 1 fully saturated rings. The highest BCUT2D eigenvalue weighted by molar-refractivity contribution is 7.89. The Morgan fingerprint density at radius 3 is 2.34 bits per heavy atom. The zero-order valence-electron chi connectivity index (χ0n) is 19.3. The largest absolute Gasteiger partial charge is 0.360 e. The Morgan fingerprint density at radius 1 is 1.06 bits per heavy atom. The third kappa shape index (κ3) is 4.73. The quantitative estimate of drug-likeness (QED) is 0.510. The van der Waals surface area contributed by atoms with Crippen LogP contribution in [0.4, 0.5) is 0 Å². The Hall–Kier alpha value is -2.27. The molecule has 0 bridgehead atoms. The Morgan fingerprint density at radius 2 is 1.75 bits per heavy atom. The van der Waals surface area contributed by atoms with Gasteiger partial charge in [-0.2, -0.15) is 0 Å². The van der Waals surface area contributed by atoms with Gasteiger partial charge in [0.25, 0.3) is 0 Å². The molecular weight excluding hydrogens is 428 g/mol. The highest BCUT2D eigenvalue weighted by atomic mass is 32.2. The molecule has 3 aromatic rings. The van der Waals surface area contributed by atoms with Crippen molar-refractivity contribution in [3.8, 4) is 0 Å². The normalized spacial score (nSPS) is 16.4. The first kappa shape index (κ1) is 22.9. The number of hydrogen-bond donors (Lipinski definition) is 0. The van der Waals surface area contributed by atoms with E-state index in [9.17, 15) is 8.42 Å². The fourth-order valence-corrected chi connectivity index (χ4v) is 5.06. The molecule has 0 radical (unpaired) electrons. The van der Waals surface area contributed by atoms with Gasteiger partial charge in [-0.3, -0.25) is 9.80 Å². The molecule has 174 valence electrons. The van der Waals surface area contributed by atoms with Gasteiger partial charge in [-0.05, 0) is 31.5 Å². The van der Waals surface area contributed by atoms with Gasteiger partial charge in [0.2, 0.25) is 10.0 Å². The standard InChI is InChI=1S/C22H32N6O3S/c1-5-8-28-21-7-6-19(32(29,30)25(3)4)14-20(21)23-22(28)16-27-11-9-26(10-12-27)15-18-13-17(2)24-31-18/h6-7,13-14H,5,8-12,15-16H2,1-4H3. The van der Waals surface area contributed by atoms with Gasteiger partial charge in [0.15, 0.2) is 5.76 Å². The second-order valence-corrected chi connectivity index (χ2v) is 10.8. The lowest BCUT2D eigenvalue weighted by atomic mass is 10.3. The minimum absolute atomic E-state index is 0.277. The Kier molecular flexibility index (Phi) is 6.66. The number of sulfonamides is 1. The maximum Gasteiger partial charge on any atom is 0.242 e. The maximum atomic E-state index is 12.5. The van der Waals surface area contributed by atoms with Crippen molar-refractivity contribution in [1.29, 1.82) is 0 Å². The highest BCUT2D eigenvalue weighted by Crippen LogP contribution is 2.23. The average molecular weight is 461 g/mol. The second kappa shape index (κ2) is 9.30. The van der Waals surface area contributed by atoms with Crippen LogP contribution in [0.15, 0.2) is 33.7 Å². The van der Waals surface area contributed by atoms with Crippen LogP contribution in [0, 0.1) is 6.92 Å². The van der Waals surface area contributed by atoms with Gasteiger partial charge in [0.05, 0.1) is 34.7 Å². The molecule has 0 spiro atoms. The molecule has 0 N–H and O–H groups in total. The minimum Gasteiger partial charge on any atom is -0.360 e. The summed E-state index contributed by atoms with van der Waals surface area (Å²) in [6, 6.07) is 7.25. The van der Waals surface area contributed by atoms with Crippen molar-refractivity contribution in [1.82, 2.24) is 28.8 Å². The number of fused-ring (bicyclic) bond motifs is 1. The number of hydrogen-bond acceptors (Lipinski definition) is 7. The van der Waals surface area contributed by atoms with Crippen LogP contribution < -0.4 is 0 Å². The molecule has 1 aliphatic heterocycles. The molecule has 9 nitrogen and oxygen atoms in total. The zero-order valence-corrected chi connectivity index (χ0v) is 20.1. The summed E-state index contributed by atoms with van der Waals surface area (Å²) in [7, 11) is -0.395. The lowest BCUT2D eigenvalue weighted by Crippen LogP contribution is -2.45. The predicted octanol–water partition coefficient (Wildman–Crippen LogP) is 2.31. The van der Waals surface area contributed by atoms with Gasteiger partial charge in [-0.15, -0.1) is 0 Å². The van der Waals surface area contributed by atoms with Crippen LogP contribution in [-0.4, -0.2) is 77.5 Å². The van der Waals surface area contributed by atoms with Gasteiger partial charge in [0, 0.05) is 52.9 Å². The summed E-state index contributed by atoms with van der Waals surface area (Å²) in [5, 5.41) is 3.97. The predicted molar refractivity (Wildman–Crippen MR) is 123 cm³/mol. The number of nitrogens with zero attached hydrogens (tertiary/aromatic N) is 6. The van der Waals surface area contributed by atoms with Crippen molar-refractivity contribution < 1.29 is 12.9 Å². The molecule has 2 aromatic heterocycles. The van der Waals surface area contributed by atoms with E-state index in [4.69, 9.17) is 9.51 Å². The molecule has 1 saturated heterocycles. The number of aryl methyl sites for hydroxylation is 2. The molecule has 10 heteroatoms. The van der Waals surface area contributed by atoms with E-state index in [2.05, 4.69) is 26.4 Å². The SMILES string of the molecule is CCCn1c(CN2CCN(Cc3cc(C)no3)CC2)nc2cc(S(=O)(=O)N(C)C)ccc21. The number of aromatic nitrogens is 3. The van der Waals surface area contributed by atoms with E-state index in [1.165, 1.54) is 4.31 Å². The first-order valence-corrected chi connectivity index (χ1v) is 12.5. The van der Waals surface area contributed by atoms with E-state index < -0.39 is 10.0 Å². The second-order valence-electron chi connectivity index (χ2n) is 8.60. The van der Waals surface area contributed by atoms with Crippen molar-refractivity contribution in [2.45, 2.75) is 44.8 Å². The third-order valence-electron chi connectivity index (χ3n) is 5.91. The maximum absolute atomic E-state index is 12.5. The topological polar surface area (TPSA) is 87.7 Å². The Balaban J connectivity index is 1.49. The van der Waals surface area contributed by atoms with Crippen molar-refractivity contribution in [2.75, 3.05) is 40.3 Å². The molecule has 1 aliphatic rings. The van der Waals surface area contributed by atoms with Crippen molar-refractivity contribution in [3.05, 3.63) is 41.5 Å². The smallest absolute Gasteiger partial charge is 0.242 e. The minimum atomic E-state index is -3.49. The molecule has 0 aliphatic carbocycles. The van der Waals surface area contributed by atoms with Crippen molar-refractivity contribution >= 4 is 21.1 Å². The lowest BCUT2D eigenvalue weighted by molar-refractivity contribution is 0.111. The van der Waals surface area contributed by atoms with Crippen LogP contribution in [0.1, 0.15) is 30.6 Å². The number of piperazine rings is 1. The molecule has 3 heterocycles. The van der Waals surface area contributed by atoms with Crippen molar-refractivity contribution in [3.63, 3.8) is 0 Å². The molecular formula is C22H32N6O3S. The highest BCUT2D eigenvalue weighted by Gasteiger charge is 2.22. The summed E-state index contributed by atoms with van der Waals surface area (Å²) in [5.74, 6) is 1.89. The van der Waals surface area contributed by atoms with Gasteiger partial charge in [0.1, 0.15) is 5.82 Å². The summed E-state index contributed by atoms with van der Waals surface area (Å²) in [5.41, 5.74) is 2.63. The van der Waals surface area contributed by atoms with E-state index in [0.717, 1.165) is 80.5 Å². The van der Waals surface area contributed by atoms with Crippen LogP contribution in [-0.2, 0) is 29.7 Å².